The third kappa shape index (κ3) is 6.56. The SMILES string of the molecule is CCC(=O)N(Cc1ccc(OC)cc1)[C@H](Cc1ccccc1)C(=O)NC[C@H]1CCCO1. The van der Waals surface area contributed by atoms with Gasteiger partial charge in [0.1, 0.15) is 11.8 Å². The van der Waals surface area contributed by atoms with E-state index in [1.54, 1.807) is 12.0 Å². The van der Waals surface area contributed by atoms with E-state index >= 15 is 0 Å². The van der Waals surface area contributed by atoms with E-state index in [9.17, 15) is 9.59 Å². The fourth-order valence-corrected chi connectivity index (χ4v) is 3.82. The first-order valence-electron chi connectivity index (χ1n) is 11.0. The summed E-state index contributed by atoms with van der Waals surface area (Å²) in [6.45, 7) is 3.40. The molecule has 2 aromatic rings. The summed E-state index contributed by atoms with van der Waals surface area (Å²) in [6, 6.07) is 16.8. The minimum absolute atomic E-state index is 0.0518. The molecule has 1 heterocycles. The molecule has 6 nitrogen and oxygen atoms in total. The monoisotopic (exact) mass is 424 g/mol. The van der Waals surface area contributed by atoms with Gasteiger partial charge in [-0.15, -0.1) is 0 Å². The number of methoxy groups -OCH3 is 1. The molecule has 3 rings (SSSR count). The maximum Gasteiger partial charge on any atom is 0.243 e. The first-order chi connectivity index (χ1) is 15.1. The van der Waals surface area contributed by atoms with Crippen molar-refractivity contribution in [2.24, 2.45) is 0 Å². The molecule has 0 saturated carbocycles. The quantitative estimate of drug-likeness (QED) is 0.635. The van der Waals surface area contributed by atoms with Gasteiger partial charge in [0.05, 0.1) is 13.2 Å². The van der Waals surface area contributed by atoms with Gasteiger partial charge in [-0.25, -0.2) is 0 Å². The van der Waals surface area contributed by atoms with Crippen molar-refractivity contribution in [3.63, 3.8) is 0 Å². The lowest BCUT2D eigenvalue weighted by Gasteiger charge is -2.31. The Labute approximate surface area is 184 Å². The highest BCUT2D eigenvalue weighted by Gasteiger charge is 2.30. The fourth-order valence-electron chi connectivity index (χ4n) is 3.82. The lowest BCUT2D eigenvalue weighted by atomic mass is 10.0. The van der Waals surface area contributed by atoms with Gasteiger partial charge < -0.3 is 19.7 Å². The van der Waals surface area contributed by atoms with Crippen LogP contribution in [0.2, 0.25) is 0 Å². The summed E-state index contributed by atoms with van der Waals surface area (Å²) in [4.78, 5) is 27.9. The van der Waals surface area contributed by atoms with Crippen LogP contribution < -0.4 is 10.1 Å². The highest BCUT2D eigenvalue weighted by Crippen LogP contribution is 2.18. The van der Waals surface area contributed by atoms with E-state index in [1.807, 2.05) is 61.5 Å². The number of hydrogen-bond acceptors (Lipinski definition) is 4. The van der Waals surface area contributed by atoms with Crippen LogP contribution in [0.4, 0.5) is 0 Å². The van der Waals surface area contributed by atoms with E-state index in [1.165, 1.54) is 0 Å². The van der Waals surface area contributed by atoms with Crippen molar-refractivity contribution in [2.45, 2.75) is 51.3 Å². The van der Waals surface area contributed by atoms with Crippen LogP contribution >= 0.6 is 0 Å². The van der Waals surface area contributed by atoms with Gasteiger partial charge in [0.15, 0.2) is 0 Å². The van der Waals surface area contributed by atoms with Gasteiger partial charge >= 0.3 is 0 Å². The van der Waals surface area contributed by atoms with Gasteiger partial charge in [-0.1, -0.05) is 49.4 Å². The predicted molar refractivity (Wildman–Crippen MR) is 120 cm³/mol. The molecular weight excluding hydrogens is 392 g/mol. The third-order valence-corrected chi connectivity index (χ3v) is 5.61. The van der Waals surface area contributed by atoms with E-state index in [4.69, 9.17) is 9.47 Å². The molecule has 2 aromatic carbocycles. The molecule has 0 radical (unpaired) electrons. The molecule has 166 valence electrons. The standard InChI is InChI=1S/C25H32N2O4/c1-3-24(28)27(18-20-11-13-21(30-2)14-12-20)23(16-19-8-5-4-6-9-19)25(29)26-17-22-10-7-15-31-22/h4-6,8-9,11-14,22-23H,3,7,10,15-18H2,1-2H3,(H,26,29)/t22-,23-/m1/s1. The van der Waals surface area contributed by atoms with Crippen molar-refractivity contribution in [2.75, 3.05) is 20.3 Å². The largest absolute Gasteiger partial charge is 0.497 e. The van der Waals surface area contributed by atoms with Gasteiger partial charge in [0.2, 0.25) is 11.8 Å². The van der Waals surface area contributed by atoms with Crippen LogP contribution in [0.5, 0.6) is 5.75 Å². The summed E-state index contributed by atoms with van der Waals surface area (Å²) in [5, 5.41) is 3.03. The smallest absolute Gasteiger partial charge is 0.243 e. The number of carbonyl (C=O) groups excluding carboxylic acids is 2. The predicted octanol–water partition coefficient (Wildman–Crippen LogP) is 3.34. The number of nitrogens with one attached hydrogen (secondary N) is 1. The number of nitrogens with zero attached hydrogens (tertiary/aromatic N) is 1. The van der Waals surface area contributed by atoms with Crippen LogP contribution in [0.3, 0.4) is 0 Å². The molecule has 1 saturated heterocycles. The summed E-state index contributed by atoms with van der Waals surface area (Å²) >= 11 is 0. The van der Waals surface area contributed by atoms with Gasteiger partial charge in [-0.3, -0.25) is 9.59 Å². The minimum Gasteiger partial charge on any atom is -0.497 e. The van der Waals surface area contributed by atoms with Crippen molar-refractivity contribution in [3.05, 3.63) is 65.7 Å². The van der Waals surface area contributed by atoms with E-state index < -0.39 is 6.04 Å². The second kappa shape index (κ2) is 11.5. The molecule has 1 fully saturated rings. The van der Waals surface area contributed by atoms with Crippen LogP contribution in [0.25, 0.3) is 0 Å². The Balaban J connectivity index is 1.81. The normalized spacial score (nSPS) is 16.5. The summed E-state index contributed by atoms with van der Waals surface area (Å²) in [5.74, 6) is 0.561. The number of carbonyl (C=O) groups is 2. The van der Waals surface area contributed by atoms with E-state index in [0.717, 1.165) is 36.3 Å². The molecular formula is C25H32N2O4. The van der Waals surface area contributed by atoms with Crippen LogP contribution in [-0.2, 0) is 27.3 Å². The zero-order valence-corrected chi connectivity index (χ0v) is 18.4. The van der Waals surface area contributed by atoms with E-state index in [2.05, 4.69) is 5.32 Å². The Hall–Kier alpha value is -2.86. The van der Waals surface area contributed by atoms with Crippen molar-refractivity contribution in [1.29, 1.82) is 0 Å². The minimum atomic E-state index is -0.599. The summed E-state index contributed by atoms with van der Waals surface area (Å²) in [6.07, 6.45) is 2.82. The number of ether oxygens (including phenoxy) is 2. The van der Waals surface area contributed by atoms with Crippen LogP contribution in [0, 0.1) is 0 Å². The Morgan fingerprint density at radius 3 is 2.48 bits per heavy atom. The molecule has 31 heavy (non-hydrogen) atoms. The first-order valence-corrected chi connectivity index (χ1v) is 11.0. The fraction of sp³-hybridized carbons (Fsp3) is 0.440. The summed E-state index contributed by atoms with van der Waals surface area (Å²) in [7, 11) is 1.62. The van der Waals surface area contributed by atoms with Gasteiger partial charge in [0, 0.05) is 32.5 Å². The molecule has 0 bridgehead atoms. The number of benzene rings is 2. The first kappa shape index (κ1) is 22.8. The molecule has 6 heteroatoms. The van der Waals surface area contributed by atoms with Crippen molar-refractivity contribution < 1.29 is 19.1 Å². The molecule has 0 aliphatic carbocycles. The Bertz CT molecular complexity index is 832. The van der Waals surface area contributed by atoms with Crippen molar-refractivity contribution in [1.82, 2.24) is 10.2 Å². The van der Waals surface area contributed by atoms with Crippen LogP contribution in [0.1, 0.15) is 37.3 Å². The second-order valence-corrected chi connectivity index (χ2v) is 7.81. The van der Waals surface area contributed by atoms with E-state index in [-0.39, 0.29) is 17.9 Å². The maximum atomic E-state index is 13.3. The zero-order valence-electron chi connectivity index (χ0n) is 18.4. The van der Waals surface area contributed by atoms with E-state index in [0.29, 0.717) is 25.9 Å². The Morgan fingerprint density at radius 1 is 1.13 bits per heavy atom. The topological polar surface area (TPSA) is 67.9 Å². The number of hydrogen-bond donors (Lipinski definition) is 1. The Morgan fingerprint density at radius 2 is 1.87 bits per heavy atom. The summed E-state index contributed by atoms with van der Waals surface area (Å²) in [5.41, 5.74) is 1.97. The highest BCUT2D eigenvalue weighted by molar-refractivity contribution is 5.88. The molecule has 0 spiro atoms. The van der Waals surface area contributed by atoms with Crippen LogP contribution in [-0.4, -0.2) is 49.1 Å². The molecule has 1 N–H and O–H groups in total. The highest BCUT2D eigenvalue weighted by atomic mass is 16.5. The molecule has 1 aliphatic rings. The lowest BCUT2D eigenvalue weighted by Crippen LogP contribution is -2.51. The van der Waals surface area contributed by atoms with Gasteiger partial charge in [0.25, 0.3) is 0 Å². The summed E-state index contributed by atoms with van der Waals surface area (Å²) < 4.78 is 10.9. The van der Waals surface area contributed by atoms with Gasteiger partial charge in [-0.2, -0.15) is 0 Å². The number of rotatable bonds is 10. The third-order valence-electron chi connectivity index (χ3n) is 5.61. The maximum absolute atomic E-state index is 13.3. The zero-order chi connectivity index (χ0) is 22.1. The molecule has 2 amide bonds. The molecule has 0 unspecified atom stereocenters. The second-order valence-electron chi connectivity index (χ2n) is 7.81. The average molecular weight is 425 g/mol. The Kier molecular flexibility index (Phi) is 8.47. The van der Waals surface area contributed by atoms with Crippen molar-refractivity contribution in [3.8, 4) is 5.75 Å². The lowest BCUT2D eigenvalue weighted by molar-refractivity contribution is -0.141. The molecule has 0 aromatic heterocycles. The van der Waals surface area contributed by atoms with Gasteiger partial charge in [-0.05, 0) is 36.1 Å². The van der Waals surface area contributed by atoms with Crippen molar-refractivity contribution >= 4 is 11.8 Å². The number of amides is 2. The molecule has 2 atom stereocenters. The molecule has 1 aliphatic heterocycles. The average Bonchev–Trinajstić information content (AvgIpc) is 3.34. The van der Waals surface area contributed by atoms with Crippen LogP contribution in [0.15, 0.2) is 54.6 Å².